The minimum absolute atomic E-state index is 0.123. The smallest absolute Gasteiger partial charge is 0.408 e. The highest BCUT2D eigenvalue weighted by Gasteiger charge is 2.45. The van der Waals surface area contributed by atoms with Gasteiger partial charge in [0.15, 0.2) is 17.3 Å². The molecule has 1 saturated heterocycles. The molecule has 27 heteroatoms. The molecule has 90 heavy (non-hydrogen) atoms. The van der Waals surface area contributed by atoms with Gasteiger partial charge in [0, 0.05) is 79.4 Å². The van der Waals surface area contributed by atoms with Crippen LogP contribution in [0.2, 0.25) is 0 Å². The van der Waals surface area contributed by atoms with Gasteiger partial charge in [-0.05, 0) is 80.2 Å². The fourth-order valence-electron chi connectivity index (χ4n) is 10.9. The number of H-pyrrole nitrogens is 1. The van der Waals surface area contributed by atoms with Crippen LogP contribution in [0.1, 0.15) is 119 Å². The number of rotatable bonds is 17. The first-order valence-electron chi connectivity index (χ1n) is 30.6. The molecule has 11 N–H and O–H groups in total. The number of hydrogen-bond donors (Lipinski definition) is 11. The van der Waals surface area contributed by atoms with Gasteiger partial charge >= 0.3 is 6.09 Å². The van der Waals surface area contributed by atoms with Crippen LogP contribution in [0.5, 0.6) is 0 Å². The van der Waals surface area contributed by atoms with Crippen LogP contribution in [-0.4, -0.2) is 165 Å². The van der Waals surface area contributed by atoms with E-state index in [1.165, 1.54) is 0 Å². The maximum Gasteiger partial charge on any atom is 0.408 e. The zero-order valence-electron chi connectivity index (χ0n) is 52.8. The number of aliphatic hydroxyl groups excluding tert-OH is 2. The third-order valence-electron chi connectivity index (χ3n) is 16.6. The second kappa shape index (κ2) is 32.3. The summed E-state index contributed by atoms with van der Waals surface area (Å²) in [5.74, 6) is -13.8. The van der Waals surface area contributed by atoms with E-state index in [2.05, 4.69) is 47.7 Å². The number of Topliss-reactive ketones (excluding diaryl/α,β-unsaturated/α-hetero) is 3. The van der Waals surface area contributed by atoms with Crippen molar-refractivity contribution in [2.75, 3.05) is 37.3 Å². The molecule has 2 bridgehead atoms. The van der Waals surface area contributed by atoms with Crippen molar-refractivity contribution in [3.05, 3.63) is 59.7 Å². The first-order valence-corrected chi connectivity index (χ1v) is 31.6. The predicted octanol–water partition coefficient (Wildman–Crippen LogP) is 2.66. The number of para-hydroxylation sites is 1. The third kappa shape index (κ3) is 19.9. The summed E-state index contributed by atoms with van der Waals surface area (Å²) in [7, 11) is 0. The number of aromatic nitrogens is 1. The summed E-state index contributed by atoms with van der Waals surface area (Å²) in [5.41, 5.74) is 3.57. The summed E-state index contributed by atoms with van der Waals surface area (Å²) in [5, 5.41) is 41.2. The van der Waals surface area contributed by atoms with Gasteiger partial charge in [-0.25, -0.2) is 10.3 Å². The Balaban J connectivity index is 1.29. The molecule has 4 heterocycles. The number of nitrogens with zero attached hydrogens (tertiary/aromatic N) is 1. The van der Waals surface area contributed by atoms with E-state index in [0.29, 0.717) is 39.2 Å². The van der Waals surface area contributed by atoms with Crippen LogP contribution in [0.15, 0.2) is 53.6 Å². The van der Waals surface area contributed by atoms with Crippen molar-refractivity contribution < 1.29 is 77.3 Å². The Hall–Kier alpha value is -7.75. The summed E-state index contributed by atoms with van der Waals surface area (Å²) in [6, 6.07) is 7.14. The summed E-state index contributed by atoms with van der Waals surface area (Å²) in [4.78, 5) is 178. The number of aliphatic hydroxyl groups is 2. The lowest BCUT2D eigenvalue weighted by Crippen LogP contribution is -2.56. The van der Waals surface area contributed by atoms with Gasteiger partial charge in [-0.2, -0.15) is 0 Å². The molecule has 1 fully saturated rings. The average molecular weight is 1270 g/mol. The van der Waals surface area contributed by atoms with Gasteiger partial charge in [0.1, 0.15) is 17.7 Å². The highest BCUT2D eigenvalue weighted by Crippen LogP contribution is 2.35. The number of thioether (sulfide) groups is 1. The lowest BCUT2D eigenvalue weighted by Gasteiger charge is -2.32. The zero-order valence-corrected chi connectivity index (χ0v) is 53.6. The summed E-state index contributed by atoms with van der Waals surface area (Å²) in [6.45, 7) is 14.7. The molecule has 2 aromatic carbocycles. The quantitative estimate of drug-likeness (QED) is 0.0866. The molecule has 0 radical (unpaired) electrons. The number of fused-ring (bicyclic) bond motifs is 5. The van der Waals surface area contributed by atoms with Crippen LogP contribution in [0.4, 0.5) is 10.5 Å². The molecular formula is C63H88N10O16S. The van der Waals surface area contributed by atoms with Crippen LogP contribution in [0, 0.1) is 41.4 Å². The molecule has 0 aliphatic carbocycles. The second-order valence-corrected chi connectivity index (χ2v) is 26.3. The van der Waals surface area contributed by atoms with Crippen molar-refractivity contribution in [3.63, 3.8) is 0 Å². The highest BCUT2D eigenvalue weighted by molar-refractivity contribution is 7.99. The fraction of sp³-hybridized carbons (Fsp3) is 0.587. The van der Waals surface area contributed by atoms with Crippen LogP contribution in [-0.2, 0) is 75.3 Å². The molecular weight excluding hydrogens is 1180 g/mol. The maximum atomic E-state index is 15.1. The highest BCUT2D eigenvalue weighted by atomic mass is 32.2. The monoisotopic (exact) mass is 1270 g/mol. The summed E-state index contributed by atoms with van der Waals surface area (Å²) < 4.78 is 5.32. The Kier molecular flexibility index (Phi) is 25.6. The molecule has 3 aromatic rings. The predicted molar refractivity (Wildman–Crippen MR) is 331 cm³/mol. The Morgan fingerprint density at radius 2 is 1.47 bits per heavy atom. The number of hydroxylamine groups is 1. The minimum Gasteiger partial charge on any atom is -0.444 e. The van der Waals surface area contributed by atoms with Crippen LogP contribution >= 0.6 is 11.8 Å². The Labute approximate surface area is 527 Å². The first-order chi connectivity index (χ1) is 42.5. The molecule has 1 aromatic heterocycles. The fourth-order valence-corrected chi connectivity index (χ4v) is 12.1. The van der Waals surface area contributed by atoms with Gasteiger partial charge in [-0.15, -0.1) is 11.8 Å². The number of carbonyl (C=O) groups excluding carboxylic acids is 12. The number of aromatic amines is 1. The van der Waals surface area contributed by atoms with E-state index in [-0.39, 0.29) is 43.3 Å². The molecule has 26 nitrogen and oxygen atoms in total. The molecule has 3 aliphatic rings. The van der Waals surface area contributed by atoms with Crippen LogP contribution < -0.4 is 42.7 Å². The number of alkyl carbamates (subject to hydrolysis) is 1. The van der Waals surface area contributed by atoms with E-state index < -0.39 is 188 Å². The van der Waals surface area contributed by atoms with E-state index in [4.69, 9.17) is 9.57 Å². The Morgan fingerprint density at radius 3 is 2.12 bits per heavy atom. The van der Waals surface area contributed by atoms with Gasteiger partial charge in [0.05, 0.1) is 54.9 Å². The number of benzene rings is 2. The molecule has 9 amide bonds. The van der Waals surface area contributed by atoms with Crippen molar-refractivity contribution in [2.24, 2.45) is 41.4 Å². The lowest BCUT2D eigenvalue weighted by molar-refractivity contribution is -0.147. The van der Waals surface area contributed by atoms with E-state index in [1.807, 2.05) is 0 Å². The van der Waals surface area contributed by atoms with Gasteiger partial charge in [0.2, 0.25) is 47.3 Å². The standard InChI is InChI=1S/C63H88N10O16S/c1-11-33(4)54-59(85)65-26-51(80)67-45-31-90-60-43(42-14-12-13-15-44(42)68-60)21-38(57(83)64-27-52(81)69-54)22-49(78)55(36(7)35(6)29-74)70-58(84)46-25-41(75)28-73(46)61(86)39(23-47(45)76)24-50(79)72-88-30-37-16-18-40(19-17-37)66-56(82)34(5)20-48(77)53(32(2)3)71-62(87)89-63(8,9)10/h12-19,32-36,38-39,41,45-46,53-55,68,74-75H,11,20-31H2,1-10H3,(H,64,83)(H,65,85)(H,66,82)(H,67,80)(H,69,81)(H,70,84)(H,71,87)(H,72,79)/t33-,34+,35-,36-,38?,39-,41?,45?,46-,53?,54-,55-/m0/s1. The normalized spacial score (nSPS) is 23.7. The largest absolute Gasteiger partial charge is 0.444 e. The van der Waals surface area contributed by atoms with E-state index in [1.54, 1.807) is 118 Å². The maximum absolute atomic E-state index is 15.1. The van der Waals surface area contributed by atoms with Gasteiger partial charge in [0.25, 0.3) is 0 Å². The van der Waals surface area contributed by atoms with E-state index >= 15 is 4.79 Å². The second-order valence-electron chi connectivity index (χ2n) is 25.3. The van der Waals surface area contributed by atoms with Crippen molar-refractivity contribution in [3.8, 4) is 0 Å². The first kappa shape index (κ1) is 71.3. The molecule has 12 atom stereocenters. The molecule has 3 aliphatic heterocycles. The molecule has 0 saturated carbocycles. The minimum atomic E-state index is -1.57. The number of ketones is 3. The van der Waals surface area contributed by atoms with Crippen molar-refractivity contribution in [2.45, 2.75) is 168 Å². The Morgan fingerprint density at radius 1 is 0.800 bits per heavy atom. The zero-order chi connectivity index (χ0) is 66.3. The van der Waals surface area contributed by atoms with Crippen LogP contribution in [0.25, 0.3) is 10.9 Å². The summed E-state index contributed by atoms with van der Waals surface area (Å²) >= 11 is 1.09. The number of nitrogens with one attached hydrogen (secondary N) is 9. The molecule has 0 spiro atoms. The van der Waals surface area contributed by atoms with Gasteiger partial charge in [-0.3, -0.25) is 57.6 Å². The van der Waals surface area contributed by atoms with E-state index in [0.717, 1.165) is 16.7 Å². The van der Waals surface area contributed by atoms with E-state index in [9.17, 15) is 63.0 Å². The van der Waals surface area contributed by atoms with Crippen molar-refractivity contribution in [1.29, 1.82) is 0 Å². The Bertz CT molecular complexity index is 3130. The van der Waals surface area contributed by atoms with Crippen LogP contribution in [0.3, 0.4) is 0 Å². The van der Waals surface area contributed by atoms with Gasteiger partial charge in [-0.1, -0.05) is 85.2 Å². The number of anilines is 1. The molecule has 4 unspecified atom stereocenters. The summed E-state index contributed by atoms with van der Waals surface area (Å²) in [6.07, 6.45) is -4.18. The molecule has 6 rings (SSSR count). The molecule has 492 valence electrons. The number of hydrogen-bond acceptors (Lipinski definition) is 17. The number of carbonyl (C=O) groups is 12. The van der Waals surface area contributed by atoms with Crippen molar-refractivity contribution in [1.82, 2.24) is 47.3 Å². The number of ether oxygens (including phenoxy) is 1. The topological polar surface area (TPSA) is 379 Å². The SMILES string of the molecule is CC[C@H](C)[C@@H]1NC(=O)CNC(=O)C2CC(=O)[C@H]([C@@H](C)[C@@H](C)CO)NC(=O)[C@@H]3CC(O)CN3C(=O)[C@H](CC(=O)NOCc3ccc(NC(=O)[C@H](C)CC(=O)C(NC(=O)OC(C)(C)C)C(C)C)cc3)CC(=O)C(CSc3[nH]c4ccccc4c3C2)NC(=O)CNC1=O. The average Bonchev–Trinajstić information content (AvgIpc) is 1.67. The third-order valence-corrected chi connectivity index (χ3v) is 17.7. The van der Waals surface area contributed by atoms with Gasteiger partial charge < -0.3 is 62.1 Å². The van der Waals surface area contributed by atoms with Crippen molar-refractivity contribution >= 4 is 99.1 Å². The lowest BCUT2D eigenvalue weighted by atomic mass is 9.83. The number of amides is 9.